The molecule has 1 saturated heterocycles. The highest BCUT2D eigenvalue weighted by molar-refractivity contribution is 6.30. The molecule has 25 heavy (non-hydrogen) atoms. The third-order valence-corrected chi connectivity index (χ3v) is 4.27. The number of imide groups is 1. The number of nitrogens with one attached hydrogen (secondary N) is 1. The zero-order chi connectivity index (χ0) is 17.6. The summed E-state index contributed by atoms with van der Waals surface area (Å²) < 4.78 is 5.61. The minimum Gasteiger partial charge on any atom is -0.494 e. The quantitative estimate of drug-likeness (QED) is 0.605. The highest BCUT2D eigenvalue weighted by Crippen LogP contribution is 2.22. The molecule has 1 fully saturated rings. The van der Waals surface area contributed by atoms with Crippen molar-refractivity contribution >= 4 is 23.5 Å². The van der Waals surface area contributed by atoms with Crippen LogP contribution in [0.5, 0.6) is 5.75 Å². The lowest BCUT2D eigenvalue weighted by Gasteiger charge is -2.13. The van der Waals surface area contributed by atoms with Gasteiger partial charge in [-0.1, -0.05) is 41.9 Å². The fourth-order valence-corrected chi connectivity index (χ4v) is 2.82. The maximum atomic E-state index is 12.4. The van der Waals surface area contributed by atoms with Crippen molar-refractivity contribution in [3.05, 3.63) is 65.2 Å². The largest absolute Gasteiger partial charge is 0.494 e. The fraction of sp³-hybridized carbons (Fsp3) is 0.263. The molecule has 1 aliphatic heterocycles. The number of benzene rings is 2. The van der Waals surface area contributed by atoms with Crippen LogP contribution >= 0.6 is 11.6 Å². The summed E-state index contributed by atoms with van der Waals surface area (Å²) in [4.78, 5) is 25.7. The molecule has 1 N–H and O–H groups in total. The van der Waals surface area contributed by atoms with E-state index in [1.54, 1.807) is 12.1 Å². The van der Waals surface area contributed by atoms with Crippen LogP contribution < -0.4 is 10.1 Å². The Bertz CT molecular complexity index is 734. The summed E-state index contributed by atoms with van der Waals surface area (Å²) in [5.74, 6) is 0.554. The van der Waals surface area contributed by atoms with Gasteiger partial charge in [-0.15, -0.1) is 0 Å². The summed E-state index contributed by atoms with van der Waals surface area (Å²) in [6, 6.07) is 15.5. The van der Waals surface area contributed by atoms with Crippen LogP contribution in [0.3, 0.4) is 0 Å². The zero-order valence-corrected chi connectivity index (χ0v) is 14.4. The first-order valence-corrected chi connectivity index (χ1v) is 8.58. The van der Waals surface area contributed by atoms with Gasteiger partial charge in [-0.25, -0.2) is 4.79 Å². The first-order chi connectivity index (χ1) is 12.1. The van der Waals surface area contributed by atoms with E-state index in [-0.39, 0.29) is 11.9 Å². The molecule has 3 rings (SSSR count). The van der Waals surface area contributed by atoms with Gasteiger partial charge in [-0.2, -0.15) is 0 Å². The topological polar surface area (TPSA) is 58.6 Å². The molecule has 0 saturated carbocycles. The molecule has 1 atom stereocenters. The molecular formula is C19H19ClN2O3. The number of hydrogen-bond donors (Lipinski definition) is 1. The number of carbonyl (C=O) groups is 2. The van der Waals surface area contributed by atoms with Crippen LogP contribution in [0.2, 0.25) is 5.02 Å². The Balaban J connectivity index is 1.44. The molecule has 130 valence electrons. The number of unbranched alkanes of at least 4 members (excludes halogenated alkanes) is 1. The first kappa shape index (κ1) is 17.3. The third-order valence-electron chi connectivity index (χ3n) is 4.02. The van der Waals surface area contributed by atoms with Crippen LogP contribution in [0.4, 0.5) is 4.79 Å². The van der Waals surface area contributed by atoms with Crippen molar-refractivity contribution in [3.8, 4) is 5.75 Å². The molecule has 0 aromatic heterocycles. The van der Waals surface area contributed by atoms with Crippen LogP contribution in [0.25, 0.3) is 0 Å². The molecule has 0 aliphatic carbocycles. The lowest BCUT2D eigenvalue weighted by molar-refractivity contribution is -0.127. The van der Waals surface area contributed by atoms with Gasteiger partial charge in [0.05, 0.1) is 6.61 Å². The lowest BCUT2D eigenvalue weighted by atomic mass is 10.1. The molecule has 2 aromatic carbocycles. The second kappa shape index (κ2) is 8.03. The van der Waals surface area contributed by atoms with Gasteiger partial charge < -0.3 is 10.1 Å². The number of carbonyl (C=O) groups excluding carboxylic acids is 2. The van der Waals surface area contributed by atoms with Crippen molar-refractivity contribution in [2.75, 3.05) is 13.2 Å². The molecule has 1 aliphatic rings. The monoisotopic (exact) mass is 358 g/mol. The maximum Gasteiger partial charge on any atom is 0.325 e. The summed E-state index contributed by atoms with van der Waals surface area (Å²) in [6.07, 6.45) is 1.43. The van der Waals surface area contributed by atoms with Crippen molar-refractivity contribution in [1.29, 1.82) is 0 Å². The van der Waals surface area contributed by atoms with E-state index in [2.05, 4.69) is 5.32 Å². The smallest absolute Gasteiger partial charge is 0.325 e. The predicted molar refractivity (Wildman–Crippen MR) is 95.6 cm³/mol. The SMILES string of the molecule is O=C1NC(c2ccccc2)C(=O)N1CCCCOc1ccc(Cl)cc1. The van der Waals surface area contributed by atoms with Crippen LogP contribution in [-0.2, 0) is 4.79 Å². The predicted octanol–water partition coefficient (Wildman–Crippen LogP) is 3.79. The lowest BCUT2D eigenvalue weighted by Crippen LogP contribution is -2.32. The number of urea groups is 1. The van der Waals surface area contributed by atoms with Crippen LogP contribution in [0, 0.1) is 0 Å². The van der Waals surface area contributed by atoms with Crippen molar-refractivity contribution in [2.24, 2.45) is 0 Å². The minimum absolute atomic E-state index is 0.199. The highest BCUT2D eigenvalue weighted by atomic mass is 35.5. The number of ether oxygens (including phenoxy) is 1. The maximum absolute atomic E-state index is 12.4. The first-order valence-electron chi connectivity index (χ1n) is 8.20. The van der Waals surface area contributed by atoms with Gasteiger partial charge in [-0.3, -0.25) is 9.69 Å². The van der Waals surface area contributed by atoms with Gasteiger partial charge >= 0.3 is 6.03 Å². The molecule has 0 spiro atoms. The Morgan fingerprint density at radius 3 is 2.44 bits per heavy atom. The average Bonchev–Trinajstić information content (AvgIpc) is 2.92. The summed E-state index contributed by atoms with van der Waals surface area (Å²) in [7, 11) is 0. The summed E-state index contributed by atoms with van der Waals surface area (Å²) in [5.41, 5.74) is 0.800. The van der Waals surface area contributed by atoms with Crippen molar-refractivity contribution in [3.63, 3.8) is 0 Å². The van der Waals surface area contributed by atoms with Gasteiger partial charge in [0.2, 0.25) is 0 Å². The van der Waals surface area contributed by atoms with Crippen molar-refractivity contribution < 1.29 is 14.3 Å². The number of halogens is 1. The Morgan fingerprint density at radius 2 is 1.72 bits per heavy atom. The van der Waals surface area contributed by atoms with Gasteiger partial charge in [0.1, 0.15) is 11.8 Å². The Labute approximate surface area is 151 Å². The van der Waals surface area contributed by atoms with Crippen LogP contribution in [0.1, 0.15) is 24.4 Å². The van der Waals surface area contributed by atoms with Gasteiger partial charge in [0.25, 0.3) is 5.91 Å². The number of rotatable bonds is 7. The van der Waals surface area contributed by atoms with Gasteiger partial charge in [0.15, 0.2) is 0 Å². The Morgan fingerprint density at radius 1 is 1.00 bits per heavy atom. The number of amides is 3. The van der Waals surface area contributed by atoms with Gasteiger partial charge in [-0.05, 0) is 42.7 Å². The molecule has 1 unspecified atom stereocenters. The van der Waals surface area contributed by atoms with E-state index < -0.39 is 6.04 Å². The average molecular weight is 359 g/mol. The van der Waals surface area contributed by atoms with E-state index in [0.717, 1.165) is 17.7 Å². The van der Waals surface area contributed by atoms with E-state index in [9.17, 15) is 9.59 Å². The molecule has 0 radical (unpaired) electrons. The molecule has 5 nitrogen and oxygen atoms in total. The van der Waals surface area contributed by atoms with Crippen molar-refractivity contribution in [1.82, 2.24) is 10.2 Å². The van der Waals surface area contributed by atoms with Gasteiger partial charge in [0, 0.05) is 11.6 Å². The fourth-order valence-electron chi connectivity index (χ4n) is 2.70. The number of hydrogen-bond acceptors (Lipinski definition) is 3. The molecule has 6 heteroatoms. The third kappa shape index (κ3) is 4.31. The van der Waals surface area contributed by atoms with Crippen molar-refractivity contribution in [2.45, 2.75) is 18.9 Å². The Kier molecular flexibility index (Phi) is 5.56. The molecular weight excluding hydrogens is 340 g/mol. The van der Waals surface area contributed by atoms with E-state index >= 15 is 0 Å². The van der Waals surface area contributed by atoms with E-state index in [1.165, 1.54) is 4.90 Å². The summed E-state index contributed by atoms with van der Waals surface area (Å²) >= 11 is 5.82. The normalized spacial score (nSPS) is 16.8. The second-order valence-corrected chi connectivity index (χ2v) is 6.23. The Hall–Kier alpha value is -2.53. The van der Waals surface area contributed by atoms with E-state index in [0.29, 0.717) is 24.6 Å². The minimum atomic E-state index is -0.584. The molecule has 0 bridgehead atoms. The molecule has 1 heterocycles. The van der Waals surface area contributed by atoms with E-state index in [1.807, 2.05) is 42.5 Å². The standard InChI is InChI=1S/C19H19ClN2O3/c20-15-8-10-16(11-9-15)25-13-5-4-12-22-18(23)17(21-19(22)24)14-6-2-1-3-7-14/h1-3,6-11,17H,4-5,12-13H2,(H,21,24). The molecule has 3 amide bonds. The zero-order valence-electron chi connectivity index (χ0n) is 13.7. The number of nitrogens with zero attached hydrogens (tertiary/aromatic N) is 1. The van der Waals surface area contributed by atoms with Crippen LogP contribution in [-0.4, -0.2) is 30.0 Å². The van der Waals surface area contributed by atoms with Crippen LogP contribution in [0.15, 0.2) is 54.6 Å². The summed E-state index contributed by atoms with van der Waals surface area (Å²) in [6.45, 7) is 0.908. The highest BCUT2D eigenvalue weighted by Gasteiger charge is 2.38. The van der Waals surface area contributed by atoms with E-state index in [4.69, 9.17) is 16.3 Å². The summed E-state index contributed by atoms with van der Waals surface area (Å²) in [5, 5.41) is 3.40. The second-order valence-electron chi connectivity index (χ2n) is 5.79. The molecule has 2 aromatic rings.